The Morgan fingerprint density at radius 3 is 1.63 bits per heavy atom. The molecule has 0 saturated heterocycles. The van der Waals surface area contributed by atoms with Crippen LogP contribution in [-0.2, 0) is 22.9 Å². The number of benzene rings is 3. The van der Waals surface area contributed by atoms with E-state index in [9.17, 15) is 0 Å². The Morgan fingerprint density at radius 1 is 0.579 bits per heavy atom. The molecule has 0 spiro atoms. The van der Waals surface area contributed by atoms with Gasteiger partial charge >= 0.3 is 233 Å². The molecule has 0 heterocycles. The van der Waals surface area contributed by atoms with Crippen LogP contribution in [0.3, 0.4) is 0 Å². The maximum atomic E-state index is 2.69. The summed E-state index contributed by atoms with van der Waals surface area (Å²) in [6.45, 7) is 4.68. The number of hydrogen-bond donors (Lipinski definition) is 0. The molecule has 0 fully saturated rings. The van der Waals surface area contributed by atoms with Crippen molar-refractivity contribution < 1.29 is 47.7 Å². The second kappa shape index (κ2) is 15.9. The third kappa shape index (κ3) is 7.13. The molecule has 0 saturated carbocycles. The van der Waals surface area contributed by atoms with Gasteiger partial charge in [0.2, 0.25) is 0 Å². The van der Waals surface area contributed by atoms with Gasteiger partial charge in [0, 0.05) is 0 Å². The summed E-state index contributed by atoms with van der Waals surface area (Å²) in [7, 11) is -0.0257. The van der Waals surface area contributed by atoms with E-state index in [1.54, 1.807) is 22.3 Å². The third-order valence-electron chi connectivity index (χ3n) is 8.00. The van der Waals surface area contributed by atoms with Gasteiger partial charge in [0.05, 0.1) is 0 Å². The first-order chi connectivity index (χ1) is 17.8. The Labute approximate surface area is 256 Å². The van der Waals surface area contributed by atoms with Crippen LogP contribution < -0.4 is 24.8 Å². The van der Waals surface area contributed by atoms with Crippen molar-refractivity contribution in [3.05, 3.63) is 100 Å². The normalized spacial score (nSPS) is 15.1. The summed E-state index contributed by atoms with van der Waals surface area (Å²) in [6, 6.07) is 28.1. The fraction of sp³-hybridized carbons (Fsp3) is 0.412. The summed E-state index contributed by atoms with van der Waals surface area (Å²) in [5.41, 5.74) is 9.47. The van der Waals surface area contributed by atoms with Gasteiger partial charge < -0.3 is 24.8 Å². The van der Waals surface area contributed by atoms with Crippen LogP contribution in [0, 0.1) is 0 Å². The fourth-order valence-corrected chi connectivity index (χ4v) is 18.2. The Morgan fingerprint density at radius 2 is 1.08 bits per heavy atom. The van der Waals surface area contributed by atoms with Crippen LogP contribution in [-0.4, -0.2) is 12.3 Å². The molecule has 0 radical (unpaired) electrons. The van der Waals surface area contributed by atoms with E-state index in [4.69, 9.17) is 0 Å². The van der Waals surface area contributed by atoms with Crippen molar-refractivity contribution in [3.63, 3.8) is 0 Å². The van der Waals surface area contributed by atoms with Crippen LogP contribution in [0.2, 0.25) is 0 Å². The van der Waals surface area contributed by atoms with E-state index in [1.807, 2.05) is 5.31 Å². The SMILES string of the molecule is CCCCCCP(CCCCCC)C1=Cc2ccccc2[CH]1[Hf+2][CH]1c2ccccc2-c2ccccc21.[Cl-].[Cl-]. The van der Waals surface area contributed by atoms with Gasteiger partial charge in [-0.3, -0.25) is 0 Å². The predicted molar refractivity (Wildman–Crippen MR) is 156 cm³/mol. The molecule has 3 aromatic rings. The molecule has 0 nitrogen and oxygen atoms in total. The molecule has 4 heteroatoms. The molecule has 0 bridgehead atoms. The predicted octanol–water partition coefficient (Wildman–Crippen LogP) is 4.59. The van der Waals surface area contributed by atoms with E-state index in [0.29, 0.717) is 3.67 Å². The number of allylic oxidation sites excluding steroid dienone is 1. The van der Waals surface area contributed by atoms with Gasteiger partial charge in [0.25, 0.3) is 0 Å². The van der Waals surface area contributed by atoms with Gasteiger partial charge in [0.15, 0.2) is 0 Å². The standard InChI is InChI=1S/C21H32P.C13H9.2ClH.Hf/c1-3-5-7-11-15-22(16-12-8-6-4-2)21-17-19-13-9-10-14-20(19)18-21;1-3-7-12-10(5-1)9-11-6-2-4-8-13(11)12;;;/h9-10,13-14,17-18H,3-8,11-12,15-16H2,1-2H3;1-9H;2*1H;/q;;;;+2/p-2. The molecule has 0 N–H and O–H groups in total. The molecule has 200 valence electrons. The molecule has 38 heavy (non-hydrogen) atoms. The van der Waals surface area contributed by atoms with Crippen LogP contribution in [0.4, 0.5) is 0 Å². The molecule has 2 aliphatic rings. The molecular weight excluding hydrogens is 689 g/mol. The second-order valence-corrected chi connectivity index (χ2v) is 18.4. The number of halogens is 2. The summed E-state index contributed by atoms with van der Waals surface area (Å²) in [5.74, 6) is 0. The first-order valence-electron chi connectivity index (χ1n) is 14.3. The summed E-state index contributed by atoms with van der Waals surface area (Å²) in [5, 5.41) is 1.89. The summed E-state index contributed by atoms with van der Waals surface area (Å²) in [4.78, 5) is 0. The van der Waals surface area contributed by atoms with Crippen molar-refractivity contribution in [2.24, 2.45) is 0 Å². The summed E-state index contributed by atoms with van der Waals surface area (Å²) in [6.07, 6.45) is 16.8. The van der Waals surface area contributed by atoms with Crippen LogP contribution >= 0.6 is 7.92 Å². The van der Waals surface area contributed by atoms with Gasteiger partial charge in [-0.25, -0.2) is 0 Å². The molecule has 0 amide bonds. The molecule has 1 unspecified atom stereocenters. The first kappa shape index (κ1) is 31.8. The molecular formula is C34H41Cl2HfP. The van der Waals surface area contributed by atoms with Gasteiger partial charge in [-0.15, -0.1) is 0 Å². The zero-order valence-corrected chi connectivity index (χ0v) is 28.9. The minimum atomic E-state index is -1.14. The van der Waals surface area contributed by atoms with Crippen LogP contribution in [0.15, 0.2) is 78.1 Å². The summed E-state index contributed by atoms with van der Waals surface area (Å²) < 4.78 is 1.45. The number of fused-ring (bicyclic) bond motifs is 4. The van der Waals surface area contributed by atoms with E-state index in [1.165, 1.54) is 74.8 Å². The molecule has 5 rings (SSSR count). The molecule has 0 aromatic heterocycles. The maximum absolute atomic E-state index is 2.69. The van der Waals surface area contributed by atoms with Gasteiger partial charge in [-0.05, 0) is 0 Å². The van der Waals surface area contributed by atoms with E-state index in [-0.39, 0.29) is 32.7 Å². The van der Waals surface area contributed by atoms with Crippen molar-refractivity contribution >= 4 is 14.0 Å². The van der Waals surface area contributed by atoms with Crippen LogP contribution in [0.25, 0.3) is 17.2 Å². The largest absolute Gasteiger partial charge is 1.00 e. The van der Waals surface area contributed by atoms with Gasteiger partial charge in [0.1, 0.15) is 0 Å². The first-order valence-corrected chi connectivity index (χ1v) is 20.2. The van der Waals surface area contributed by atoms with E-state index in [0.717, 1.165) is 3.67 Å². The average molecular weight is 730 g/mol. The van der Waals surface area contributed by atoms with Crippen molar-refractivity contribution in [2.45, 2.75) is 72.6 Å². The average Bonchev–Trinajstić information content (AvgIpc) is 3.44. The van der Waals surface area contributed by atoms with Crippen molar-refractivity contribution in [1.29, 1.82) is 0 Å². The van der Waals surface area contributed by atoms with Crippen LogP contribution in [0.5, 0.6) is 0 Å². The van der Waals surface area contributed by atoms with E-state index < -0.39 is 22.9 Å². The second-order valence-electron chi connectivity index (χ2n) is 10.5. The quantitative estimate of drug-likeness (QED) is 0.137. The zero-order chi connectivity index (χ0) is 24.7. The van der Waals surface area contributed by atoms with Gasteiger partial charge in [-0.1, -0.05) is 0 Å². The third-order valence-corrected chi connectivity index (χ3v) is 18.6. The summed E-state index contributed by atoms with van der Waals surface area (Å²) >= 11 is -1.14. The molecule has 0 aliphatic heterocycles. The van der Waals surface area contributed by atoms with Gasteiger partial charge in [-0.2, -0.15) is 0 Å². The number of hydrogen-bond acceptors (Lipinski definition) is 0. The Balaban J connectivity index is 0.00000200. The maximum Gasteiger partial charge on any atom is -1.00 e. The van der Waals surface area contributed by atoms with E-state index >= 15 is 0 Å². The minimum absolute atomic E-state index is 0. The Bertz CT molecular complexity index is 1130. The Hall–Kier alpha value is -0.720. The molecule has 3 aromatic carbocycles. The van der Waals surface area contributed by atoms with Crippen molar-refractivity contribution in [2.75, 3.05) is 12.3 Å². The number of unbranched alkanes of at least 4 members (excludes halogenated alkanes) is 6. The fourth-order valence-electron chi connectivity index (χ4n) is 6.09. The minimum Gasteiger partial charge on any atom is -1.00 e. The van der Waals surface area contributed by atoms with Crippen molar-refractivity contribution in [1.82, 2.24) is 0 Å². The molecule has 2 aliphatic carbocycles. The Kier molecular flexibility index (Phi) is 13.3. The molecule has 1 atom stereocenters. The van der Waals surface area contributed by atoms with E-state index in [2.05, 4.69) is 92.7 Å². The van der Waals surface area contributed by atoms with Crippen LogP contribution in [0.1, 0.15) is 94.8 Å². The van der Waals surface area contributed by atoms with Crippen molar-refractivity contribution in [3.8, 4) is 11.1 Å². The smallest absolute Gasteiger partial charge is 1.00 e. The zero-order valence-electron chi connectivity index (χ0n) is 22.9. The number of rotatable bonds is 13. The topological polar surface area (TPSA) is 0 Å². The monoisotopic (exact) mass is 730 g/mol.